The molecule has 0 aromatic heterocycles. The molecule has 3 heteroatoms. The number of nitrogens with zero attached hydrogens (tertiary/aromatic N) is 1. The third-order valence-corrected chi connectivity index (χ3v) is 2.84. The van der Waals surface area contributed by atoms with E-state index in [2.05, 4.69) is 12.1 Å². The van der Waals surface area contributed by atoms with Crippen LogP contribution in [0.3, 0.4) is 0 Å². The quantitative estimate of drug-likeness (QED) is 0.828. The van der Waals surface area contributed by atoms with Crippen molar-refractivity contribution in [3.8, 4) is 6.07 Å². The minimum absolute atomic E-state index is 0.305. The molecule has 2 unspecified atom stereocenters. The van der Waals surface area contributed by atoms with Crippen LogP contribution in [0.1, 0.15) is 30.4 Å². The monoisotopic (exact) mass is 241 g/mol. The summed E-state index contributed by atoms with van der Waals surface area (Å²) in [6, 6.07) is 9.71. The number of aliphatic hydroxyl groups is 1. The molecule has 0 saturated heterocycles. The molecule has 3 nitrogen and oxygen atoms in total. The predicted octanol–water partition coefficient (Wildman–Crippen LogP) is 2.84. The zero-order valence-electron chi connectivity index (χ0n) is 10.2. The van der Waals surface area contributed by atoms with Crippen molar-refractivity contribution in [2.45, 2.75) is 25.6 Å². The average Bonchev–Trinajstić information content (AvgIpc) is 2.39. The molecule has 1 aromatic carbocycles. The summed E-state index contributed by atoms with van der Waals surface area (Å²) in [4.78, 5) is 0. The summed E-state index contributed by atoms with van der Waals surface area (Å²) in [5.41, 5.74) is 1.85. The second-order valence-corrected chi connectivity index (χ2v) is 4.26. The minimum Gasteiger partial charge on any atom is -0.466 e. The molecule has 1 aliphatic rings. The van der Waals surface area contributed by atoms with Crippen LogP contribution in [0.4, 0.5) is 0 Å². The van der Waals surface area contributed by atoms with E-state index in [1.807, 2.05) is 36.4 Å². The maximum absolute atomic E-state index is 9.12. The van der Waals surface area contributed by atoms with Crippen molar-refractivity contribution in [1.29, 1.82) is 5.26 Å². The van der Waals surface area contributed by atoms with Crippen LogP contribution in [-0.4, -0.2) is 11.4 Å². The first-order valence-corrected chi connectivity index (χ1v) is 5.92. The Morgan fingerprint density at radius 3 is 2.61 bits per heavy atom. The Labute approximate surface area is 107 Å². The highest BCUT2D eigenvalue weighted by atomic mass is 16.6. The fourth-order valence-corrected chi connectivity index (χ4v) is 1.94. The zero-order chi connectivity index (χ0) is 13.0. The smallest absolute Gasteiger partial charge is 0.194 e. The Hall–Kier alpha value is -2.05. The third kappa shape index (κ3) is 2.99. The molecule has 0 fully saturated rings. The SMILES string of the molecule is CC(O)OC1=CCC(c2ccc(C#N)cc2)C=C1. The fraction of sp³-hybridized carbons (Fsp3) is 0.267. The summed E-state index contributed by atoms with van der Waals surface area (Å²) < 4.78 is 5.20. The number of allylic oxidation sites excluding steroid dienone is 3. The van der Waals surface area contributed by atoms with Gasteiger partial charge in [-0.3, -0.25) is 0 Å². The minimum atomic E-state index is -0.785. The standard InChI is InChI=1S/C15H15NO2/c1-11(17)18-15-8-6-14(7-9-15)13-4-2-12(10-16)3-5-13/h2-6,8-9,11,14,17H,7H2,1H3. The van der Waals surface area contributed by atoms with Crippen molar-refractivity contribution in [1.82, 2.24) is 0 Å². The van der Waals surface area contributed by atoms with E-state index in [0.717, 1.165) is 6.42 Å². The number of nitriles is 1. The van der Waals surface area contributed by atoms with Crippen LogP contribution in [0.2, 0.25) is 0 Å². The van der Waals surface area contributed by atoms with E-state index in [-0.39, 0.29) is 0 Å². The van der Waals surface area contributed by atoms with Gasteiger partial charge in [-0.05, 0) is 43.2 Å². The summed E-state index contributed by atoms with van der Waals surface area (Å²) in [6.45, 7) is 1.58. The maximum atomic E-state index is 9.12. The molecule has 0 aliphatic heterocycles. The Kier molecular flexibility index (Phi) is 3.81. The third-order valence-electron chi connectivity index (χ3n) is 2.84. The number of ether oxygens (including phenoxy) is 1. The van der Waals surface area contributed by atoms with Gasteiger partial charge in [-0.1, -0.05) is 18.2 Å². The first-order chi connectivity index (χ1) is 8.69. The molecule has 1 aromatic rings. The van der Waals surface area contributed by atoms with E-state index in [4.69, 9.17) is 15.1 Å². The van der Waals surface area contributed by atoms with Crippen LogP contribution in [0, 0.1) is 11.3 Å². The van der Waals surface area contributed by atoms with E-state index in [1.54, 1.807) is 6.92 Å². The summed E-state index contributed by atoms with van der Waals surface area (Å²) in [5.74, 6) is 1.01. The first kappa shape index (κ1) is 12.4. The normalized spacial score (nSPS) is 19.8. The molecular weight excluding hydrogens is 226 g/mol. The molecule has 2 rings (SSSR count). The number of hydrogen-bond acceptors (Lipinski definition) is 3. The van der Waals surface area contributed by atoms with Crippen molar-refractivity contribution in [3.63, 3.8) is 0 Å². The molecule has 1 aliphatic carbocycles. The lowest BCUT2D eigenvalue weighted by Gasteiger charge is -2.18. The molecule has 18 heavy (non-hydrogen) atoms. The molecule has 0 bridgehead atoms. The summed E-state index contributed by atoms with van der Waals surface area (Å²) in [6.07, 6.45) is 5.95. The Bertz CT molecular complexity index is 506. The van der Waals surface area contributed by atoms with Gasteiger partial charge in [0.15, 0.2) is 6.29 Å². The van der Waals surface area contributed by atoms with Gasteiger partial charge in [-0.2, -0.15) is 5.26 Å². The van der Waals surface area contributed by atoms with Crippen LogP contribution >= 0.6 is 0 Å². The predicted molar refractivity (Wildman–Crippen MR) is 68.5 cm³/mol. The number of aliphatic hydroxyl groups excluding tert-OH is 1. The van der Waals surface area contributed by atoms with Crippen molar-refractivity contribution in [3.05, 3.63) is 59.4 Å². The lowest BCUT2D eigenvalue weighted by molar-refractivity contribution is -0.0455. The van der Waals surface area contributed by atoms with E-state index < -0.39 is 6.29 Å². The zero-order valence-corrected chi connectivity index (χ0v) is 10.2. The molecule has 0 saturated carbocycles. The maximum Gasteiger partial charge on any atom is 0.194 e. The van der Waals surface area contributed by atoms with Gasteiger partial charge in [0.05, 0.1) is 11.6 Å². The van der Waals surface area contributed by atoms with Gasteiger partial charge in [-0.15, -0.1) is 0 Å². The van der Waals surface area contributed by atoms with Gasteiger partial charge in [-0.25, -0.2) is 0 Å². The number of rotatable bonds is 3. The van der Waals surface area contributed by atoms with Crippen LogP contribution in [0.5, 0.6) is 0 Å². The van der Waals surface area contributed by atoms with Crippen molar-refractivity contribution in [2.75, 3.05) is 0 Å². The number of hydrogen-bond donors (Lipinski definition) is 1. The highest BCUT2D eigenvalue weighted by Crippen LogP contribution is 2.27. The van der Waals surface area contributed by atoms with Crippen molar-refractivity contribution in [2.24, 2.45) is 0 Å². The van der Waals surface area contributed by atoms with Crippen LogP contribution < -0.4 is 0 Å². The van der Waals surface area contributed by atoms with Gasteiger partial charge >= 0.3 is 0 Å². The Morgan fingerprint density at radius 1 is 1.39 bits per heavy atom. The Morgan fingerprint density at radius 2 is 2.11 bits per heavy atom. The molecular formula is C15H15NO2. The molecule has 0 amide bonds. The van der Waals surface area contributed by atoms with E-state index in [1.165, 1.54) is 5.56 Å². The molecule has 0 radical (unpaired) electrons. The molecule has 2 atom stereocenters. The van der Waals surface area contributed by atoms with E-state index >= 15 is 0 Å². The van der Waals surface area contributed by atoms with E-state index in [0.29, 0.717) is 17.2 Å². The second kappa shape index (κ2) is 5.52. The molecule has 0 spiro atoms. The van der Waals surface area contributed by atoms with Crippen molar-refractivity contribution >= 4 is 0 Å². The average molecular weight is 241 g/mol. The molecule has 92 valence electrons. The van der Waals surface area contributed by atoms with Crippen LogP contribution in [0.25, 0.3) is 0 Å². The van der Waals surface area contributed by atoms with Crippen molar-refractivity contribution < 1.29 is 9.84 Å². The van der Waals surface area contributed by atoms with Gasteiger partial charge < -0.3 is 9.84 Å². The first-order valence-electron chi connectivity index (χ1n) is 5.92. The van der Waals surface area contributed by atoms with Crippen LogP contribution in [0.15, 0.2) is 48.3 Å². The fourth-order valence-electron chi connectivity index (χ4n) is 1.94. The second-order valence-electron chi connectivity index (χ2n) is 4.26. The Balaban J connectivity index is 2.04. The number of benzene rings is 1. The summed E-state index contributed by atoms with van der Waals surface area (Å²) in [5, 5.41) is 17.9. The van der Waals surface area contributed by atoms with Crippen LogP contribution in [-0.2, 0) is 4.74 Å². The van der Waals surface area contributed by atoms with Gasteiger partial charge in [0.1, 0.15) is 5.76 Å². The largest absolute Gasteiger partial charge is 0.466 e. The topological polar surface area (TPSA) is 53.2 Å². The highest BCUT2D eigenvalue weighted by molar-refractivity contribution is 5.36. The lowest BCUT2D eigenvalue weighted by atomic mass is 9.91. The van der Waals surface area contributed by atoms with E-state index in [9.17, 15) is 0 Å². The van der Waals surface area contributed by atoms with Gasteiger partial charge in [0.25, 0.3) is 0 Å². The summed E-state index contributed by atoms with van der Waals surface area (Å²) in [7, 11) is 0. The molecule has 0 heterocycles. The highest BCUT2D eigenvalue weighted by Gasteiger charge is 2.12. The molecule has 1 N–H and O–H groups in total. The summed E-state index contributed by atoms with van der Waals surface area (Å²) >= 11 is 0. The van der Waals surface area contributed by atoms with Gasteiger partial charge in [0.2, 0.25) is 0 Å². The van der Waals surface area contributed by atoms with Gasteiger partial charge in [0, 0.05) is 5.92 Å². The lowest BCUT2D eigenvalue weighted by Crippen LogP contribution is -2.07.